The van der Waals surface area contributed by atoms with Gasteiger partial charge in [0.1, 0.15) is 12.3 Å². The van der Waals surface area contributed by atoms with Gasteiger partial charge in [-0.15, -0.1) is 0 Å². The molecular weight excluding hydrogens is 284 g/mol. The van der Waals surface area contributed by atoms with Crippen LogP contribution in [0.15, 0.2) is 24.3 Å². The lowest BCUT2D eigenvalue weighted by Gasteiger charge is -2.35. The van der Waals surface area contributed by atoms with Gasteiger partial charge in [-0.3, -0.25) is 9.59 Å². The molecule has 0 aromatic heterocycles. The number of aliphatic carboxylic acids is 1. The standard InChI is InChI=1S/C16H22N2O4/c1-3-11(4-2)17-16(21)14-9-18(10-15(19)20)12-7-5-6-8-13(12)22-14/h5-8,11,14H,3-4,9-10H2,1-2H3,(H,17,21)(H,19,20). The third-order valence-corrected chi connectivity index (χ3v) is 3.81. The maximum Gasteiger partial charge on any atom is 0.323 e. The van der Waals surface area contributed by atoms with Gasteiger partial charge in [-0.2, -0.15) is 0 Å². The molecule has 1 aromatic carbocycles. The summed E-state index contributed by atoms with van der Waals surface area (Å²) in [4.78, 5) is 25.1. The van der Waals surface area contributed by atoms with Crippen LogP contribution in [0.1, 0.15) is 26.7 Å². The predicted molar refractivity (Wildman–Crippen MR) is 83.2 cm³/mol. The lowest BCUT2D eigenvalue weighted by Crippen LogP contribution is -2.52. The molecule has 6 nitrogen and oxygen atoms in total. The molecule has 0 spiro atoms. The lowest BCUT2D eigenvalue weighted by atomic mass is 10.1. The summed E-state index contributed by atoms with van der Waals surface area (Å²) in [7, 11) is 0. The zero-order valence-corrected chi connectivity index (χ0v) is 12.9. The van der Waals surface area contributed by atoms with Crippen molar-refractivity contribution in [2.45, 2.75) is 38.8 Å². The first-order chi connectivity index (χ1) is 10.5. The zero-order chi connectivity index (χ0) is 16.1. The normalized spacial score (nSPS) is 16.9. The van der Waals surface area contributed by atoms with Crippen molar-refractivity contribution in [3.8, 4) is 5.75 Å². The minimum absolute atomic E-state index is 0.112. The van der Waals surface area contributed by atoms with E-state index in [4.69, 9.17) is 9.84 Å². The molecule has 0 saturated carbocycles. The van der Waals surface area contributed by atoms with Gasteiger partial charge in [0.25, 0.3) is 5.91 Å². The predicted octanol–water partition coefficient (Wildman–Crippen LogP) is 1.64. The van der Waals surface area contributed by atoms with Gasteiger partial charge in [-0.05, 0) is 25.0 Å². The first kappa shape index (κ1) is 16.1. The molecular formula is C16H22N2O4. The van der Waals surface area contributed by atoms with E-state index in [1.807, 2.05) is 19.9 Å². The van der Waals surface area contributed by atoms with Gasteiger partial charge >= 0.3 is 5.97 Å². The van der Waals surface area contributed by atoms with Crippen LogP contribution in [0.4, 0.5) is 5.69 Å². The van der Waals surface area contributed by atoms with E-state index in [9.17, 15) is 9.59 Å². The summed E-state index contributed by atoms with van der Waals surface area (Å²) in [6.45, 7) is 4.11. The van der Waals surface area contributed by atoms with Gasteiger partial charge < -0.3 is 20.1 Å². The zero-order valence-electron chi connectivity index (χ0n) is 12.9. The number of benzene rings is 1. The Morgan fingerprint density at radius 3 is 2.68 bits per heavy atom. The number of fused-ring (bicyclic) bond motifs is 1. The molecule has 2 rings (SSSR count). The van der Waals surface area contributed by atoms with E-state index >= 15 is 0 Å². The minimum Gasteiger partial charge on any atom is -0.480 e. The SMILES string of the molecule is CCC(CC)NC(=O)C1CN(CC(=O)O)c2ccccc2O1. The Labute approximate surface area is 130 Å². The van der Waals surface area contributed by atoms with E-state index in [1.54, 1.807) is 23.1 Å². The average molecular weight is 306 g/mol. The van der Waals surface area contributed by atoms with Gasteiger partial charge in [0.05, 0.1) is 12.2 Å². The Hall–Kier alpha value is -2.24. The van der Waals surface area contributed by atoms with Crippen molar-refractivity contribution in [2.75, 3.05) is 18.0 Å². The molecule has 1 heterocycles. The number of carbonyl (C=O) groups is 2. The molecule has 1 aliphatic rings. The molecule has 120 valence electrons. The van der Waals surface area contributed by atoms with Crippen LogP contribution >= 0.6 is 0 Å². The Bertz CT molecular complexity index is 543. The number of nitrogens with zero attached hydrogens (tertiary/aromatic N) is 1. The van der Waals surface area contributed by atoms with E-state index in [2.05, 4.69) is 5.32 Å². The number of nitrogens with one attached hydrogen (secondary N) is 1. The molecule has 1 aromatic rings. The molecule has 1 aliphatic heterocycles. The maximum absolute atomic E-state index is 12.4. The van der Waals surface area contributed by atoms with E-state index in [0.717, 1.165) is 12.8 Å². The molecule has 1 atom stereocenters. The van der Waals surface area contributed by atoms with Crippen LogP contribution in [0.3, 0.4) is 0 Å². The van der Waals surface area contributed by atoms with Gasteiger partial charge in [0.2, 0.25) is 0 Å². The number of amides is 1. The first-order valence-electron chi connectivity index (χ1n) is 7.57. The fraction of sp³-hybridized carbons (Fsp3) is 0.500. The van der Waals surface area contributed by atoms with E-state index in [-0.39, 0.29) is 25.0 Å². The summed E-state index contributed by atoms with van der Waals surface area (Å²) in [5, 5.41) is 12.0. The second-order valence-corrected chi connectivity index (χ2v) is 5.37. The number of para-hydroxylation sites is 2. The van der Waals surface area contributed by atoms with Crippen molar-refractivity contribution in [1.82, 2.24) is 5.32 Å². The summed E-state index contributed by atoms with van der Waals surface area (Å²) in [5.74, 6) is -0.589. The number of carbonyl (C=O) groups excluding carboxylic acids is 1. The average Bonchev–Trinajstić information content (AvgIpc) is 2.51. The van der Waals surface area contributed by atoms with Crippen molar-refractivity contribution in [2.24, 2.45) is 0 Å². The van der Waals surface area contributed by atoms with Crippen LogP contribution < -0.4 is 15.0 Å². The minimum atomic E-state index is -0.934. The molecule has 6 heteroatoms. The summed E-state index contributed by atoms with van der Waals surface area (Å²) in [5.41, 5.74) is 0.705. The molecule has 0 bridgehead atoms. The Morgan fingerprint density at radius 1 is 1.36 bits per heavy atom. The van der Waals surface area contributed by atoms with Gasteiger partial charge in [-0.25, -0.2) is 0 Å². The molecule has 1 amide bonds. The third-order valence-electron chi connectivity index (χ3n) is 3.81. The highest BCUT2D eigenvalue weighted by Gasteiger charge is 2.32. The van der Waals surface area contributed by atoms with Crippen molar-refractivity contribution in [1.29, 1.82) is 0 Å². The summed E-state index contributed by atoms with van der Waals surface area (Å²) in [6, 6.07) is 7.29. The number of hydrogen-bond donors (Lipinski definition) is 2. The van der Waals surface area contributed by atoms with Crippen LogP contribution in [0.2, 0.25) is 0 Å². The van der Waals surface area contributed by atoms with Crippen LogP contribution in [0, 0.1) is 0 Å². The molecule has 0 radical (unpaired) electrons. The van der Waals surface area contributed by atoms with Crippen molar-refractivity contribution >= 4 is 17.6 Å². The smallest absolute Gasteiger partial charge is 0.323 e. The molecule has 2 N–H and O–H groups in total. The highest BCUT2D eigenvalue weighted by atomic mass is 16.5. The van der Waals surface area contributed by atoms with Crippen molar-refractivity contribution < 1.29 is 19.4 Å². The number of anilines is 1. The Kier molecular flexibility index (Phi) is 5.25. The van der Waals surface area contributed by atoms with Gasteiger partial charge in [0.15, 0.2) is 6.10 Å². The van der Waals surface area contributed by atoms with Crippen molar-refractivity contribution in [3.63, 3.8) is 0 Å². The number of carboxylic acids is 1. The lowest BCUT2D eigenvalue weighted by molar-refractivity contribution is -0.136. The van der Waals surface area contributed by atoms with Crippen LogP contribution in [-0.2, 0) is 9.59 Å². The van der Waals surface area contributed by atoms with Crippen LogP contribution in [0.5, 0.6) is 5.75 Å². The van der Waals surface area contributed by atoms with Crippen LogP contribution in [-0.4, -0.2) is 42.2 Å². The summed E-state index contributed by atoms with van der Waals surface area (Å²) < 4.78 is 5.75. The van der Waals surface area contributed by atoms with E-state index in [1.165, 1.54) is 0 Å². The van der Waals surface area contributed by atoms with Gasteiger partial charge in [-0.1, -0.05) is 26.0 Å². The Balaban J connectivity index is 2.15. The number of hydrogen-bond acceptors (Lipinski definition) is 4. The van der Waals surface area contributed by atoms with Gasteiger partial charge in [0, 0.05) is 6.04 Å². The fourth-order valence-corrected chi connectivity index (χ4v) is 2.54. The monoisotopic (exact) mass is 306 g/mol. The topological polar surface area (TPSA) is 78.9 Å². The van der Waals surface area contributed by atoms with Crippen molar-refractivity contribution in [3.05, 3.63) is 24.3 Å². The van der Waals surface area contributed by atoms with E-state index < -0.39 is 12.1 Å². The second kappa shape index (κ2) is 7.15. The number of ether oxygens (including phenoxy) is 1. The third kappa shape index (κ3) is 3.69. The second-order valence-electron chi connectivity index (χ2n) is 5.37. The molecule has 22 heavy (non-hydrogen) atoms. The largest absolute Gasteiger partial charge is 0.480 e. The number of carboxylic acid groups (broad SMARTS) is 1. The van der Waals surface area contributed by atoms with E-state index in [0.29, 0.717) is 11.4 Å². The Morgan fingerprint density at radius 2 is 2.05 bits per heavy atom. The number of rotatable bonds is 6. The molecule has 0 aliphatic carbocycles. The maximum atomic E-state index is 12.4. The summed E-state index contributed by atoms with van der Waals surface area (Å²) in [6.07, 6.45) is 1.00. The summed E-state index contributed by atoms with van der Waals surface area (Å²) >= 11 is 0. The fourth-order valence-electron chi connectivity index (χ4n) is 2.54. The van der Waals surface area contributed by atoms with Crippen LogP contribution in [0.25, 0.3) is 0 Å². The highest BCUT2D eigenvalue weighted by Crippen LogP contribution is 2.32. The first-order valence-corrected chi connectivity index (χ1v) is 7.57. The molecule has 0 saturated heterocycles. The quantitative estimate of drug-likeness (QED) is 0.835. The molecule has 1 unspecified atom stereocenters. The highest BCUT2D eigenvalue weighted by molar-refractivity contribution is 5.84. The molecule has 0 fully saturated rings.